The average molecular weight is 255 g/mol. The Kier molecular flexibility index (Phi) is 1.99. The second-order valence-corrected chi connectivity index (χ2v) is 4.63. The summed E-state index contributed by atoms with van der Waals surface area (Å²) in [6, 6.07) is 6.98. The molecule has 1 aliphatic carbocycles. The lowest BCUT2D eigenvalue weighted by Crippen LogP contribution is -2.35. The molecule has 6 heteroatoms. The lowest BCUT2D eigenvalue weighted by molar-refractivity contribution is -0.0301. The minimum Gasteiger partial charge on any atom is -0.377 e. The minimum absolute atomic E-state index is 0.00161. The van der Waals surface area contributed by atoms with E-state index < -0.39 is 11.6 Å². The van der Waals surface area contributed by atoms with Crippen LogP contribution in [0.25, 0.3) is 11.3 Å². The molecule has 6 nitrogen and oxygen atoms in total. The van der Waals surface area contributed by atoms with Gasteiger partial charge in [0, 0.05) is 11.1 Å². The van der Waals surface area contributed by atoms with E-state index in [2.05, 4.69) is 10.3 Å². The zero-order chi connectivity index (χ0) is 13.0. The molecule has 0 unspecified atom stereocenters. The topological polar surface area (TPSA) is 74.1 Å². The maximum atomic E-state index is 12.2. The highest BCUT2D eigenvalue weighted by Crippen LogP contribution is 2.33. The van der Waals surface area contributed by atoms with Gasteiger partial charge in [0.1, 0.15) is 17.4 Å². The number of ether oxygens (including phenoxy) is 1. The number of hydrogen-bond acceptors (Lipinski definition) is 5. The number of benzene rings is 1. The van der Waals surface area contributed by atoms with E-state index in [1.807, 2.05) is 6.07 Å². The Morgan fingerprint density at radius 1 is 1.11 bits per heavy atom. The number of ketones is 2. The number of hydrogen-bond donors (Lipinski definition) is 0. The number of carbonyl (C=O) groups is 2. The van der Waals surface area contributed by atoms with Gasteiger partial charge < -0.3 is 4.74 Å². The second-order valence-electron chi connectivity index (χ2n) is 4.63. The Morgan fingerprint density at radius 3 is 2.53 bits per heavy atom. The van der Waals surface area contributed by atoms with Crippen molar-refractivity contribution in [2.75, 3.05) is 13.2 Å². The van der Waals surface area contributed by atoms with Gasteiger partial charge >= 0.3 is 0 Å². The van der Waals surface area contributed by atoms with Gasteiger partial charge in [-0.05, 0) is 0 Å². The number of aromatic nitrogens is 3. The normalized spacial score (nSPS) is 17.9. The first-order valence-corrected chi connectivity index (χ1v) is 5.98. The highest BCUT2D eigenvalue weighted by atomic mass is 16.5. The molecule has 2 heterocycles. The minimum atomic E-state index is -0.536. The van der Waals surface area contributed by atoms with Crippen LogP contribution in [0.4, 0.5) is 0 Å². The Balaban J connectivity index is 1.98. The number of rotatable bonds is 1. The number of fused-ring (bicyclic) bond motifs is 3. The first kappa shape index (κ1) is 10.6. The molecule has 0 radical (unpaired) electrons. The van der Waals surface area contributed by atoms with Crippen LogP contribution in [0.5, 0.6) is 0 Å². The molecule has 0 N–H and O–H groups in total. The molecular weight excluding hydrogens is 246 g/mol. The van der Waals surface area contributed by atoms with Crippen molar-refractivity contribution in [1.82, 2.24) is 15.0 Å². The fraction of sp³-hybridized carbons (Fsp3) is 0.231. The SMILES string of the molecule is O=C1C(=O)c2c(nnn2C2COC2)-c2ccccc21. The Hall–Kier alpha value is -2.34. The van der Waals surface area contributed by atoms with Crippen molar-refractivity contribution in [2.24, 2.45) is 0 Å². The molecule has 0 spiro atoms. The largest absolute Gasteiger partial charge is 0.377 e. The van der Waals surface area contributed by atoms with Crippen molar-refractivity contribution < 1.29 is 14.3 Å². The molecule has 1 aromatic heterocycles. The van der Waals surface area contributed by atoms with Crippen molar-refractivity contribution in [2.45, 2.75) is 6.04 Å². The first-order chi connectivity index (χ1) is 9.27. The van der Waals surface area contributed by atoms with Gasteiger partial charge in [0.2, 0.25) is 5.78 Å². The summed E-state index contributed by atoms with van der Waals surface area (Å²) in [5, 5.41) is 8.09. The van der Waals surface area contributed by atoms with Crippen molar-refractivity contribution >= 4 is 11.6 Å². The predicted octanol–water partition coefficient (Wildman–Crippen LogP) is 0.895. The molecule has 1 fully saturated rings. The van der Waals surface area contributed by atoms with Crippen molar-refractivity contribution in [3.8, 4) is 11.3 Å². The highest BCUT2D eigenvalue weighted by molar-refractivity contribution is 6.52. The Labute approximate surface area is 108 Å². The van der Waals surface area contributed by atoms with Gasteiger partial charge in [-0.3, -0.25) is 9.59 Å². The molecule has 0 bridgehead atoms. The molecule has 19 heavy (non-hydrogen) atoms. The first-order valence-electron chi connectivity index (χ1n) is 5.98. The van der Waals surface area contributed by atoms with Crippen molar-refractivity contribution in [3.63, 3.8) is 0 Å². The van der Waals surface area contributed by atoms with Crippen molar-refractivity contribution in [3.05, 3.63) is 35.5 Å². The lowest BCUT2D eigenvalue weighted by atomic mass is 9.90. The monoisotopic (exact) mass is 255 g/mol. The maximum Gasteiger partial charge on any atom is 0.253 e. The highest BCUT2D eigenvalue weighted by Gasteiger charge is 2.38. The summed E-state index contributed by atoms with van der Waals surface area (Å²) in [7, 11) is 0. The zero-order valence-electron chi connectivity index (χ0n) is 9.87. The third kappa shape index (κ3) is 1.29. The Bertz CT molecular complexity index is 716. The molecule has 2 aliphatic rings. The summed E-state index contributed by atoms with van der Waals surface area (Å²) in [6.07, 6.45) is 0. The number of carbonyl (C=O) groups excluding carboxylic acids is 2. The van der Waals surface area contributed by atoms with E-state index in [1.165, 1.54) is 4.68 Å². The van der Waals surface area contributed by atoms with Gasteiger partial charge in [0.05, 0.1) is 13.2 Å². The van der Waals surface area contributed by atoms with Crippen LogP contribution < -0.4 is 0 Å². The van der Waals surface area contributed by atoms with Crippen LogP contribution in [0.3, 0.4) is 0 Å². The number of Topliss-reactive ketones (excluding diaryl/α,β-unsaturated/α-hetero) is 2. The fourth-order valence-corrected chi connectivity index (χ4v) is 2.42. The standard InChI is InChI=1S/C13H9N3O3/c17-12-9-4-2-1-3-8(9)10-11(13(12)18)16(15-14-10)7-5-19-6-7/h1-4,7H,5-6H2. The quantitative estimate of drug-likeness (QED) is 0.708. The van der Waals surface area contributed by atoms with Crippen LogP contribution in [-0.2, 0) is 4.74 Å². The van der Waals surface area contributed by atoms with Crippen LogP contribution in [0.15, 0.2) is 24.3 Å². The van der Waals surface area contributed by atoms with Crippen LogP contribution in [0.1, 0.15) is 26.9 Å². The van der Waals surface area contributed by atoms with Crippen molar-refractivity contribution in [1.29, 1.82) is 0 Å². The second kappa shape index (κ2) is 3.58. The summed E-state index contributed by atoms with van der Waals surface area (Å²) < 4.78 is 6.62. The van der Waals surface area contributed by atoms with Gasteiger partial charge in [-0.25, -0.2) is 4.68 Å². The van der Waals surface area contributed by atoms with Gasteiger partial charge in [-0.1, -0.05) is 29.5 Å². The summed E-state index contributed by atoms with van der Waals surface area (Å²) in [6.45, 7) is 0.998. The molecule has 0 saturated carbocycles. The third-order valence-electron chi connectivity index (χ3n) is 3.51. The van der Waals surface area contributed by atoms with E-state index in [0.717, 1.165) is 0 Å². The third-order valence-corrected chi connectivity index (χ3v) is 3.51. The van der Waals surface area contributed by atoms with E-state index in [-0.39, 0.29) is 11.7 Å². The van der Waals surface area contributed by atoms with Gasteiger partial charge in [0.25, 0.3) is 5.78 Å². The molecular formula is C13H9N3O3. The molecule has 1 aromatic carbocycles. The Morgan fingerprint density at radius 2 is 1.84 bits per heavy atom. The summed E-state index contributed by atoms with van der Waals surface area (Å²) in [4.78, 5) is 24.3. The molecule has 0 amide bonds. The molecule has 1 aliphatic heterocycles. The van der Waals surface area contributed by atoms with E-state index in [0.29, 0.717) is 30.0 Å². The fourth-order valence-electron chi connectivity index (χ4n) is 2.42. The van der Waals surface area contributed by atoms with Crippen LogP contribution >= 0.6 is 0 Å². The van der Waals surface area contributed by atoms with E-state index >= 15 is 0 Å². The molecule has 2 aromatic rings. The van der Waals surface area contributed by atoms with E-state index in [9.17, 15) is 9.59 Å². The van der Waals surface area contributed by atoms with Crippen LogP contribution in [0, 0.1) is 0 Å². The molecule has 4 rings (SSSR count). The lowest BCUT2D eigenvalue weighted by Gasteiger charge is -2.27. The summed E-state index contributed by atoms with van der Waals surface area (Å²) in [5.41, 5.74) is 1.86. The van der Waals surface area contributed by atoms with Gasteiger partial charge in [-0.2, -0.15) is 0 Å². The summed E-state index contributed by atoms with van der Waals surface area (Å²) in [5.74, 6) is -1.03. The van der Waals surface area contributed by atoms with E-state index in [1.54, 1.807) is 18.2 Å². The van der Waals surface area contributed by atoms with Gasteiger partial charge in [0.15, 0.2) is 0 Å². The molecule has 94 valence electrons. The molecule has 1 saturated heterocycles. The smallest absolute Gasteiger partial charge is 0.253 e. The number of nitrogens with zero attached hydrogens (tertiary/aromatic N) is 3. The average Bonchev–Trinajstić information content (AvgIpc) is 2.79. The van der Waals surface area contributed by atoms with Gasteiger partial charge in [-0.15, -0.1) is 5.10 Å². The molecule has 0 atom stereocenters. The maximum absolute atomic E-state index is 12.2. The predicted molar refractivity (Wildman–Crippen MR) is 64.0 cm³/mol. The zero-order valence-corrected chi connectivity index (χ0v) is 9.87. The van der Waals surface area contributed by atoms with Crippen LogP contribution in [-0.4, -0.2) is 39.8 Å². The van der Waals surface area contributed by atoms with Crippen LogP contribution in [0.2, 0.25) is 0 Å². The van der Waals surface area contributed by atoms with E-state index in [4.69, 9.17) is 4.74 Å². The summed E-state index contributed by atoms with van der Waals surface area (Å²) >= 11 is 0.